The summed E-state index contributed by atoms with van der Waals surface area (Å²) < 4.78 is 1.73. The largest absolute Gasteiger partial charge is 0.347 e. The summed E-state index contributed by atoms with van der Waals surface area (Å²) in [4.78, 5) is 37.7. The molecule has 0 fully saturated rings. The second kappa shape index (κ2) is 10.4. The molecule has 1 aromatic heterocycles. The van der Waals surface area contributed by atoms with Gasteiger partial charge < -0.3 is 9.88 Å². The molecule has 170 valence electrons. The van der Waals surface area contributed by atoms with E-state index in [1.165, 1.54) is 0 Å². The molecule has 0 spiro atoms. The van der Waals surface area contributed by atoms with Crippen molar-refractivity contribution in [1.82, 2.24) is 15.4 Å². The fourth-order valence-corrected chi connectivity index (χ4v) is 3.65. The quantitative estimate of drug-likeness (QED) is 0.215. The van der Waals surface area contributed by atoms with Gasteiger partial charge in [0.15, 0.2) is 0 Å². The molecule has 0 bridgehead atoms. The first-order valence-corrected chi connectivity index (χ1v) is 10.7. The monoisotopic (exact) mass is 453 g/mol. The lowest BCUT2D eigenvalue weighted by molar-refractivity contribution is 0.0706. The number of aromatic nitrogens is 1. The highest BCUT2D eigenvalue weighted by Crippen LogP contribution is 2.17. The fourth-order valence-electron chi connectivity index (χ4n) is 3.65. The maximum Gasteiger partial charge on any atom is 0.274 e. The summed E-state index contributed by atoms with van der Waals surface area (Å²) in [5, 5.41) is 11.6. The third kappa shape index (κ3) is 5.11. The minimum Gasteiger partial charge on any atom is -0.347 e. The van der Waals surface area contributed by atoms with Crippen molar-refractivity contribution in [3.05, 3.63) is 131 Å². The molecular weight excluding hydrogens is 430 g/mol. The van der Waals surface area contributed by atoms with Crippen LogP contribution in [-0.2, 0) is 13.1 Å². The van der Waals surface area contributed by atoms with Gasteiger partial charge in [0.2, 0.25) is 5.78 Å². The third-order valence-corrected chi connectivity index (χ3v) is 5.44. The van der Waals surface area contributed by atoms with Crippen molar-refractivity contribution in [2.24, 2.45) is 0 Å². The molecule has 3 N–H and O–H groups in total. The summed E-state index contributed by atoms with van der Waals surface area (Å²) in [6.45, 7) is 0.605. The average molecular weight is 453 g/mol. The Hall–Kier alpha value is -4.49. The van der Waals surface area contributed by atoms with E-state index in [0.717, 1.165) is 11.1 Å². The number of amides is 2. The van der Waals surface area contributed by atoms with Gasteiger partial charge in [0.25, 0.3) is 11.8 Å². The highest BCUT2D eigenvalue weighted by atomic mass is 16.5. The Kier molecular flexibility index (Phi) is 6.95. The van der Waals surface area contributed by atoms with Gasteiger partial charge in [-0.1, -0.05) is 72.8 Å². The second-order valence-electron chi connectivity index (χ2n) is 7.69. The van der Waals surface area contributed by atoms with Crippen LogP contribution in [0, 0.1) is 0 Å². The smallest absolute Gasteiger partial charge is 0.274 e. The molecular formula is C27H23N3O4. The Balaban J connectivity index is 1.57. The number of ketones is 1. The summed E-state index contributed by atoms with van der Waals surface area (Å²) in [7, 11) is 0. The van der Waals surface area contributed by atoms with Gasteiger partial charge in [-0.15, -0.1) is 0 Å². The number of hydrogen-bond acceptors (Lipinski definition) is 4. The summed E-state index contributed by atoms with van der Waals surface area (Å²) in [6.07, 6.45) is 0. The third-order valence-electron chi connectivity index (χ3n) is 5.44. The molecule has 0 saturated heterocycles. The molecule has 4 aromatic rings. The van der Waals surface area contributed by atoms with Crippen LogP contribution in [0.2, 0.25) is 0 Å². The summed E-state index contributed by atoms with van der Waals surface area (Å²) in [5.41, 5.74) is 4.99. The predicted molar refractivity (Wildman–Crippen MR) is 127 cm³/mol. The van der Waals surface area contributed by atoms with E-state index in [1.807, 2.05) is 36.4 Å². The van der Waals surface area contributed by atoms with Gasteiger partial charge in [0, 0.05) is 24.2 Å². The van der Waals surface area contributed by atoms with Crippen LogP contribution in [0.3, 0.4) is 0 Å². The lowest BCUT2D eigenvalue weighted by atomic mass is 10.1. The van der Waals surface area contributed by atoms with Gasteiger partial charge in [-0.3, -0.25) is 19.6 Å². The topological polar surface area (TPSA) is 100 Å². The van der Waals surface area contributed by atoms with E-state index in [4.69, 9.17) is 5.21 Å². The van der Waals surface area contributed by atoms with Gasteiger partial charge in [-0.25, -0.2) is 5.48 Å². The van der Waals surface area contributed by atoms with Crippen molar-refractivity contribution >= 4 is 17.6 Å². The average Bonchev–Trinajstić information content (AvgIpc) is 3.31. The van der Waals surface area contributed by atoms with Crippen LogP contribution in [0.5, 0.6) is 0 Å². The lowest BCUT2D eigenvalue weighted by Gasteiger charge is -2.14. The maximum atomic E-state index is 13.2. The molecule has 34 heavy (non-hydrogen) atoms. The minimum atomic E-state index is -0.607. The second-order valence-corrected chi connectivity index (χ2v) is 7.69. The van der Waals surface area contributed by atoms with Crippen molar-refractivity contribution in [3.8, 4) is 0 Å². The molecule has 3 aromatic carbocycles. The number of carbonyl (C=O) groups is 3. The SMILES string of the molecule is O=C(NO)c1ccc(CNC(=O)c2ccc(C(=O)c3ccccc3)n2Cc2ccccc2)cc1. The van der Waals surface area contributed by atoms with E-state index in [2.05, 4.69) is 5.32 Å². The summed E-state index contributed by atoms with van der Waals surface area (Å²) >= 11 is 0. The number of carbonyl (C=O) groups excluding carboxylic acids is 3. The molecule has 0 aliphatic heterocycles. The van der Waals surface area contributed by atoms with E-state index in [-0.39, 0.29) is 18.2 Å². The Labute approximate surface area is 196 Å². The van der Waals surface area contributed by atoms with Crippen LogP contribution in [0.25, 0.3) is 0 Å². The zero-order valence-electron chi connectivity index (χ0n) is 18.3. The number of rotatable bonds is 8. The number of nitrogens with one attached hydrogen (secondary N) is 2. The van der Waals surface area contributed by atoms with Gasteiger partial charge in [-0.05, 0) is 35.4 Å². The highest BCUT2D eigenvalue weighted by molar-refractivity contribution is 6.09. The Morgan fingerprint density at radius 3 is 1.91 bits per heavy atom. The molecule has 0 aliphatic carbocycles. The minimum absolute atomic E-state index is 0.159. The van der Waals surface area contributed by atoms with E-state index in [9.17, 15) is 14.4 Å². The molecule has 0 radical (unpaired) electrons. The Bertz CT molecular complexity index is 1300. The zero-order chi connectivity index (χ0) is 23.9. The normalized spacial score (nSPS) is 10.5. The fraction of sp³-hybridized carbons (Fsp3) is 0.0741. The first-order valence-electron chi connectivity index (χ1n) is 10.7. The van der Waals surface area contributed by atoms with Gasteiger partial charge in [0.1, 0.15) is 5.69 Å². The maximum absolute atomic E-state index is 13.2. The molecule has 1 heterocycles. The van der Waals surface area contributed by atoms with E-state index in [1.54, 1.807) is 70.7 Å². The molecule has 7 nitrogen and oxygen atoms in total. The molecule has 2 amide bonds. The summed E-state index contributed by atoms with van der Waals surface area (Å²) in [6, 6.07) is 28.4. The van der Waals surface area contributed by atoms with E-state index >= 15 is 0 Å². The lowest BCUT2D eigenvalue weighted by Crippen LogP contribution is -2.27. The number of nitrogens with zero attached hydrogens (tertiary/aromatic N) is 1. The van der Waals surface area contributed by atoms with Crippen molar-refractivity contribution in [3.63, 3.8) is 0 Å². The number of benzene rings is 3. The van der Waals surface area contributed by atoms with Crippen LogP contribution in [0.1, 0.15) is 48.0 Å². The zero-order valence-corrected chi connectivity index (χ0v) is 18.3. The standard InChI is InChI=1S/C27H23N3O4/c31-25(21-9-5-2-6-10-21)23-15-16-24(30(23)18-20-7-3-1-4-8-20)27(33)28-17-19-11-13-22(14-12-19)26(32)29-34/h1-16,34H,17-18H2,(H,28,33)(H,29,32). The molecule has 0 aliphatic rings. The first kappa shape index (κ1) is 22.7. The highest BCUT2D eigenvalue weighted by Gasteiger charge is 2.20. The predicted octanol–water partition coefficient (Wildman–Crippen LogP) is 3.82. The van der Waals surface area contributed by atoms with Crippen molar-refractivity contribution in [2.45, 2.75) is 13.1 Å². The number of hydroxylamine groups is 1. The van der Waals surface area contributed by atoms with Crippen LogP contribution in [-0.4, -0.2) is 27.4 Å². The summed E-state index contributed by atoms with van der Waals surface area (Å²) in [5.74, 6) is -1.08. The van der Waals surface area contributed by atoms with Crippen LogP contribution >= 0.6 is 0 Å². The van der Waals surface area contributed by atoms with Crippen LogP contribution in [0.15, 0.2) is 97.1 Å². The molecule has 0 unspecified atom stereocenters. The van der Waals surface area contributed by atoms with Crippen LogP contribution in [0.4, 0.5) is 0 Å². The number of hydrogen-bond donors (Lipinski definition) is 3. The van der Waals surface area contributed by atoms with Gasteiger partial charge >= 0.3 is 0 Å². The molecule has 0 saturated carbocycles. The van der Waals surface area contributed by atoms with Gasteiger partial charge in [0.05, 0.1) is 5.69 Å². The van der Waals surface area contributed by atoms with Crippen LogP contribution < -0.4 is 10.8 Å². The van der Waals surface area contributed by atoms with E-state index in [0.29, 0.717) is 29.1 Å². The van der Waals surface area contributed by atoms with Crippen molar-refractivity contribution in [1.29, 1.82) is 0 Å². The Morgan fingerprint density at radius 1 is 0.647 bits per heavy atom. The first-order chi connectivity index (χ1) is 16.6. The van der Waals surface area contributed by atoms with Crippen molar-refractivity contribution < 1.29 is 19.6 Å². The molecule has 0 atom stereocenters. The Morgan fingerprint density at radius 2 is 1.26 bits per heavy atom. The molecule has 4 rings (SSSR count). The van der Waals surface area contributed by atoms with Crippen molar-refractivity contribution in [2.75, 3.05) is 0 Å². The van der Waals surface area contributed by atoms with E-state index < -0.39 is 5.91 Å². The molecule has 7 heteroatoms. The van der Waals surface area contributed by atoms with Gasteiger partial charge in [-0.2, -0.15) is 0 Å².